The molecule has 1 aromatic heterocycles. The molecule has 0 aliphatic carbocycles. The number of hydrogen-bond acceptors (Lipinski definition) is 3. The number of carbonyl (C=O) groups excluding carboxylic acids is 1. The highest BCUT2D eigenvalue weighted by Gasteiger charge is 2.09. The van der Waals surface area contributed by atoms with Gasteiger partial charge in [-0.05, 0) is 13.3 Å². The highest BCUT2D eigenvalue weighted by molar-refractivity contribution is 5.88. The molecule has 1 aromatic rings. The van der Waals surface area contributed by atoms with Gasteiger partial charge < -0.3 is 5.73 Å². The lowest BCUT2D eigenvalue weighted by Crippen LogP contribution is -2.14. The fraction of sp³-hybridized carbons (Fsp3) is 0.625. The van der Waals surface area contributed by atoms with Gasteiger partial charge in [-0.25, -0.2) is 9.67 Å². The Balaban J connectivity index is 2.73. The maximum absolute atomic E-state index is 10.7. The van der Waals surface area contributed by atoms with E-state index in [9.17, 15) is 4.79 Å². The minimum absolute atomic E-state index is 0.0861. The Morgan fingerprint density at radius 3 is 2.92 bits per heavy atom. The normalized spacial score (nSPS) is 12.8. The van der Waals surface area contributed by atoms with Crippen molar-refractivity contribution in [2.45, 2.75) is 32.7 Å². The molecular formula is C8H14N4O. The molecule has 2 N–H and O–H groups in total. The van der Waals surface area contributed by atoms with E-state index in [2.05, 4.69) is 17.0 Å². The second-order valence-electron chi connectivity index (χ2n) is 3.05. The summed E-state index contributed by atoms with van der Waals surface area (Å²) in [6, 6.07) is 0.269. The van der Waals surface area contributed by atoms with Crippen molar-refractivity contribution in [2.24, 2.45) is 5.73 Å². The van der Waals surface area contributed by atoms with E-state index in [0.29, 0.717) is 0 Å². The second-order valence-corrected chi connectivity index (χ2v) is 3.05. The molecule has 0 saturated carbocycles. The molecule has 72 valence electrons. The zero-order chi connectivity index (χ0) is 9.84. The highest BCUT2D eigenvalue weighted by Crippen LogP contribution is 2.10. The van der Waals surface area contributed by atoms with E-state index in [4.69, 9.17) is 5.73 Å². The Morgan fingerprint density at radius 2 is 2.46 bits per heavy atom. The third-order valence-electron chi connectivity index (χ3n) is 1.89. The van der Waals surface area contributed by atoms with E-state index >= 15 is 0 Å². The molecule has 0 saturated heterocycles. The van der Waals surface area contributed by atoms with Crippen LogP contribution in [-0.2, 0) is 0 Å². The molecule has 5 heteroatoms. The minimum atomic E-state index is -0.581. The summed E-state index contributed by atoms with van der Waals surface area (Å²) in [5.74, 6) is -0.495. The number of nitrogens with two attached hydrogens (primary N) is 1. The molecule has 0 bridgehead atoms. The monoisotopic (exact) mass is 182 g/mol. The molecule has 0 fully saturated rings. The van der Waals surface area contributed by atoms with Gasteiger partial charge in [-0.2, -0.15) is 0 Å². The predicted octanol–water partition coefficient (Wildman–Crippen LogP) is 0.738. The summed E-state index contributed by atoms with van der Waals surface area (Å²) in [6.45, 7) is 4.13. The standard InChI is InChI=1S/C8H14N4O/c1-3-4-6(2)12-5-10-8(11-12)7(9)13/h5-6H,3-4H2,1-2H3,(H2,9,13). The maximum atomic E-state index is 10.7. The summed E-state index contributed by atoms with van der Waals surface area (Å²) < 4.78 is 1.67. The van der Waals surface area contributed by atoms with Gasteiger partial charge in [0.2, 0.25) is 5.82 Å². The van der Waals surface area contributed by atoms with E-state index in [0.717, 1.165) is 12.8 Å². The molecule has 0 aliphatic rings. The Morgan fingerprint density at radius 1 is 1.77 bits per heavy atom. The molecule has 1 rings (SSSR count). The quantitative estimate of drug-likeness (QED) is 0.746. The lowest BCUT2D eigenvalue weighted by molar-refractivity contribution is 0.0990. The van der Waals surface area contributed by atoms with Crippen LogP contribution in [0, 0.1) is 0 Å². The van der Waals surface area contributed by atoms with E-state index in [1.165, 1.54) is 0 Å². The Hall–Kier alpha value is -1.39. The van der Waals surface area contributed by atoms with Crippen LogP contribution in [0.15, 0.2) is 6.33 Å². The van der Waals surface area contributed by atoms with Crippen molar-refractivity contribution in [1.82, 2.24) is 14.8 Å². The van der Waals surface area contributed by atoms with Crippen LogP contribution in [0.1, 0.15) is 43.3 Å². The van der Waals surface area contributed by atoms with Gasteiger partial charge in [-0.1, -0.05) is 13.3 Å². The van der Waals surface area contributed by atoms with Crippen LogP contribution in [0.25, 0.3) is 0 Å². The van der Waals surface area contributed by atoms with Crippen molar-refractivity contribution >= 4 is 5.91 Å². The fourth-order valence-corrected chi connectivity index (χ4v) is 1.15. The van der Waals surface area contributed by atoms with E-state index in [1.807, 2.05) is 6.92 Å². The van der Waals surface area contributed by atoms with Crippen LogP contribution in [0.4, 0.5) is 0 Å². The third-order valence-corrected chi connectivity index (χ3v) is 1.89. The van der Waals surface area contributed by atoms with Crippen molar-refractivity contribution in [3.05, 3.63) is 12.2 Å². The summed E-state index contributed by atoms with van der Waals surface area (Å²) in [5.41, 5.74) is 5.02. The average Bonchev–Trinajstić information content (AvgIpc) is 2.52. The molecule has 0 radical (unpaired) electrons. The summed E-state index contributed by atoms with van der Waals surface area (Å²) >= 11 is 0. The molecule has 1 atom stereocenters. The molecule has 1 amide bonds. The van der Waals surface area contributed by atoms with Crippen LogP contribution in [0.3, 0.4) is 0 Å². The van der Waals surface area contributed by atoms with Gasteiger partial charge in [0, 0.05) is 0 Å². The van der Waals surface area contributed by atoms with Crippen molar-refractivity contribution in [3.63, 3.8) is 0 Å². The fourth-order valence-electron chi connectivity index (χ4n) is 1.15. The molecule has 1 heterocycles. The van der Waals surface area contributed by atoms with Crippen molar-refractivity contribution < 1.29 is 4.79 Å². The first-order valence-corrected chi connectivity index (χ1v) is 4.36. The first-order valence-electron chi connectivity index (χ1n) is 4.36. The van der Waals surface area contributed by atoms with Gasteiger partial charge in [0.25, 0.3) is 5.91 Å². The average molecular weight is 182 g/mol. The Labute approximate surface area is 76.9 Å². The minimum Gasteiger partial charge on any atom is -0.363 e. The summed E-state index contributed by atoms with van der Waals surface area (Å²) in [4.78, 5) is 14.5. The van der Waals surface area contributed by atoms with Gasteiger partial charge in [0.1, 0.15) is 6.33 Å². The molecular weight excluding hydrogens is 168 g/mol. The van der Waals surface area contributed by atoms with Crippen LogP contribution in [0.5, 0.6) is 0 Å². The first kappa shape index (κ1) is 9.70. The highest BCUT2D eigenvalue weighted by atomic mass is 16.1. The zero-order valence-electron chi connectivity index (χ0n) is 7.90. The van der Waals surface area contributed by atoms with Crippen LogP contribution in [0.2, 0.25) is 0 Å². The van der Waals surface area contributed by atoms with Gasteiger partial charge >= 0.3 is 0 Å². The smallest absolute Gasteiger partial charge is 0.288 e. The van der Waals surface area contributed by atoms with Gasteiger partial charge in [-0.15, -0.1) is 5.10 Å². The summed E-state index contributed by atoms with van der Waals surface area (Å²) in [7, 11) is 0. The maximum Gasteiger partial charge on any atom is 0.288 e. The van der Waals surface area contributed by atoms with Crippen molar-refractivity contribution in [2.75, 3.05) is 0 Å². The number of rotatable bonds is 4. The number of amides is 1. The predicted molar refractivity (Wildman–Crippen MR) is 48.2 cm³/mol. The topological polar surface area (TPSA) is 73.8 Å². The molecule has 0 aromatic carbocycles. The van der Waals surface area contributed by atoms with Crippen molar-refractivity contribution in [3.8, 4) is 0 Å². The first-order chi connectivity index (χ1) is 6.15. The summed E-state index contributed by atoms with van der Waals surface area (Å²) in [6.07, 6.45) is 3.63. The molecule has 1 unspecified atom stereocenters. The molecule has 0 aliphatic heterocycles. The SMILES string of the molecule is CCCC(C)n1cnc(C(N)=O)n1. The largest absolute Gasteiger partial charge is 0.363 e. The number of nitrogens with zero attached hydrogens (tertiary/aromatic N) is 3. The molecule has 5 nitrogen and oxygen atoms in total. The number of aromatic nitrogens is 3. The Bertz CT molecular complexity index is 294. The zero-order valence-corrected chi connectivity index (χ0v) is 7.90. The van der Waals surface area contributed by atoms with E-state index in [-0.39, 0.29) is 11.9 Å². The van der Waals surface area contributed by atoms with E-state index in [1.54, 1.807) is 11.0 Å². The molecule has 13 heavy (non-hydrogen) atoms. The third kappa shape index (κ3) is 2.27. The Kier molecular flexibility index (Phi) is 3.00. The lowest BCUT2D eigenvalue weighted by Gasteiger charge is -2.08. The van der Waals surface area contributed by atoms with Crippen LogP contribution in [-0.4, -0.2) is 20.7 Å². The number of hydrogen-bond donors (Lipinski definition) is 1. The van der Waals surface area contributed by atoms with E-state index < -0.39 is 5.91 Å². The second kappa shape index (κ2) is 4.02. The molecule has 0 spiro atoms. The van der Waals surface area contributed by atoms with Gasteiger partial charge in [0.05, 0.1) is 6.04 Å². The van der Waals surface area contributed by atoms with Crippen LogP contribution >= 0.6 is 0 Å². The van der Waals surface area contributed by atoms with Gasteiger partial charge in [0.15, 0.2) is 0 Å². The van der Waals surface area contributed by atoms with Crippen LogP contribution < -0.4 is 5.73 Å². The number of primary amides is 1. The lowest BCUT2D eigenvalue weighted by atomic mass is 10.2. The number of carbonyl (C=O) groups is 1. The summed E-state index contributed by atoms with van der Waals surface area (Å²) in [5, 5.41) is 3.96. The van der Waals surface area contributed by atoms with Gasteiger partial charge in [-0.3, -0.25) is 4.79 Å². The van der Waals surface area contributed by atoms with Crippen molar-refractivity contribution in [1.29, 1.82) is 0 Å².